The van der Waals surface area contributed by atoms with Crippen molar-refractivity contribution in [1.82, 2.24) is 10.3 Å². The Labute approximate surface area is 150 Å². The number of nitrogens with one attached hydrogen (secondary N) is 2. The van der Waals surface area contributed by atoms with Crippen molar-refractivity contribution < 1.29 is 4.79 Å². The zero-order chi connectivity index (χ0) is 16.9. The molecule has 0 aliphatic carbocycles. The first-order valence-electron chi connectivity index (χ1n) is 8.11. The molecule has 6 heteroatoms. The Kier molecular flexibility index (Phi) is 5.35. The van der Waals surface area contributed by atoms with Gasteiger partial charge in [0.2, 0.25) is 0 Å². The lowest BCUT2D eigenvalue weighted by atomic mass is 10.1. The molecule has 2 N–H and O–H groups in total. The van der Waals surface area contributed by atoms with Crippen LogP contribution in [0.5, 0.6) is 0 Å². The summed E-state index contributed by atoms with van der Waals surface area (Å²) in [6, 6.07) is 11.8. The molecule has 1 aromatic heterocycles. The van der Waals surface area contributed by atoms with E-state index in [1.807, 2.05) is 49.5 Å². The van der Waals surface area contributed by atoms with Gasteiger partial charge in [-0.25, -0.2) is 9.78 Å². The van der Waals surface area contributed by atoms with Crippen LogP contribution in [0, 0.1) is 6.92 Å². The fraction of sp³-hybridized carbons (Fsp3) is 0.333. The maximum Gasteiger partial charge on any atom is 0.319 e. The molecule has 0 atom stereocenters. The Balaban J connectivity index is 1.49. The highest BCUT2D eigenvalue weighted by molar-refractivity contribution is 9.10. The van der Waals surface area contributed by atoms with E-state index in [9.17, 15) is 4.79 Å². The Morgan fingerprint density at radius 2 is 2.04 bits per heavy atom. The van der Waals surface area contributed by atoms with E-state index in [4.69, 9.17) is 0 Å². The third-order valence-corrected chi connectivity index (χ3v) is 5.11. The highest BCUT2D eigenvalue weighted by Gasteiger charge is 2.21. The number of aromatic nitrogens is 1. The second-order valence-electron chi connectivity index (χ2n) is 6.01. The van der Waals surface area contributed by atoms with Crippen LogP contribution < -0.4 is 15.5 Å². The lowest BCUT2D eigenvalue weighted by molar-refractivity contribution is 0.246. The van der Waals surface area contributed by atoms with Crippen LogP contribution in [0.3, 0.4) is 0 Å². The maximum atomic E-state index is 12.2. The van der Waals surface area contributed by atoms with Gasteiger partial charge >= 0.3 is 6.03 Å². The molecule has 1 fully saturated rings. The summed E-state index contributed by atoms with van der Waals surface area (Å²) in [5.41, 5.74) is 1.90. The lowest BCUT2D eigenvalue weighted by Gasteiger charge is -2.33. The van der Waals surface area contributed by atoms with Crippen molar-refractivity contribution in [2.45, 2.75) is 25.8 Å². The molecule has 0 bridgehead atoms. The largest absolute Gasteiger partial charge is 0.356 e. The van der Waals surface area contributed by atoms with Crippen molar-refractivity contribution in [2.24, 2.45) is 0 Å². The molecule has 5 nitrogen and oxygen atoms in total. The molecule has 0 spiro atoms. The number of amides is 2. The summed E-state index contributed by atoms with van der Waals surface area (Å²) >= 11 is 3.46. The van der Waals surface area contributed by atoms with Crippen LogP contribution in [0.15, 0.2) is 47.1 Å². The monoisotopic (exact) mass is 388 g/mol. The van der Waals surface area contributed by atoms with Crippen molar-refractivity contribution in [1.29, 1.82) is 0 Å². The molecule has 2 heterocycles. The predicted octanol–water partition coefficient (Wildman–Crippen LogP) is 3.94. The van der Waals surface area contributed by atoms with Gasteiger partial charge in [0, 0.05) is 35.5 Å². The Bertz CT molecular complexity index is 699. The molecule has 1 aliphatic rings. The van der Waals surface area contributed by atoms with E-state index in [1.165, 1.54) is 0 Å². The fourth-order valence-corrected chi connectivity index (χ4v) is 3.12. The van der Waals surface area contributed by atoms with E-state index in [2.05, 4.69) is 36.4 Å². The van der Waals surface area contributed by atoms with Crippen molar-refractivity contribution >= 4 is 33.5 Å². The molecule has 0 radical (unpaired) electrons. The smallest absolute Gasteiger partial charge is 0.319 e. The number of hydrogen-bond acceptors (Lipinski definition) is 3. The van der Waals surface area contributed by atoms with Crippen molar-refractivity contribution in [3.63, 3.8) is 0 Å². The SMILES string of the molecule is Cc1cc(NC(=O)NC2CCN(c3ccccn3)CC2)ccc1Br. The molecule has 126 valence electrons. The van der Waals surface area contributed by atoms with E-state index in [1.54, 1.807) is 0 Å². The van der Waals surface area contributed by atoms with Crippen molar-refractivity contribution in [3.8, 4) is 0 Å². The zero-order valence-corrected chi connectivity index (χ0v) is 15.2. The minimum Gasteiger partial charge on any atom is -0.356 e. The van der Waals surface area contributed by atoms with Crippen molar-refractivity contribution in [3.05, 3.63) is 52.6 Å². The number of aryl methyl sites for hydroxylation is 1. The molecule has 1 saturated heterocycles. The summed E-state index contributed by atoms with van der Waals surface area (Å²) in [6.07, 6.45) is 3.65. The normalized spacial score (nSPS) is 15.2. The summed E-state index contributed by atoms with van der Waals surface area (Å²) in [6.45, 7) is 3.80. The second-order valence-corrected chi connectivity index (χ2v) is 6.87. The van der Waals surface area contributed by atoms with E-state index in [-0.39, 0.29) is 12.1 Å². The molecule has 3 rings (SSSR count). The molecule has 2 aromatic rings. The Hall–Kier alpha value is -2.08. The molecule has 1 aliphatic heterocycles. The standard InChI is InChI=1S/C18H21BrN4O/c1-13-12-15(5-6-16(13)19)22-18(24)21-14-7-10-23(11-8-14)17-4-2-3-9-20-17/h2-6,9,12,14H,7-8,10-11H2,1H3,(H2,21,22,24). The number of nitrogens with zero attached hydrogens (tertiary/aromatic N) is 2. The predicted molar refractivity (Wildman–Crippen MR) is 101 cm³/mol. The Morgan fingerprint density at radius 1 is 1.25 bits per heavy atom. The summed E-state index contributed by atoms with van der Waals surface area (Å²) in [7, 11) is 0. The second kappa shape index (κ2) is 7.66. The van der Waals surface area contributed by atoms with Crippen LogP contribution in [-0.2, 0) is 0 Å². The number of piperidine rings is 1. The summed E-state index contributed by atoms with van der Waals surface area (Å²) in [4.78, 5) is 18.8. The van der Waals surface area contributed by atoms with Gasteiger partial charge in [0.05, 0.1) is 0 Å². The number of carbonyl (C=O) groups excluding carboxylic acids is 1. The first-order valence-corrected chi connectivity index (χ1v) is 8.91. The van der Waals surface area contributed by atoms with Crippen LogP contribution in [0.2, 0.25) is 0 Å². The number of hydrogen-bond donors (Lipinski definition) is 2. The number of anilines is 2. The highest BCUT2D eigenvalue weighted by Crippen LogP contribution is 2.20. The Morgan fingerprint density at radius 3 is 2.71 bits per heavy atom. The number of carbonyl (C=O) groups is 1. The first-order chi connectivity index (χ1) is 11.6. The van der Waals surface area contributed by atoms with Crippen LogP contribution in [0.1, 0.15) is 18.4 Å². The molecule has 2 amide bonds. The topological polar surface area (TPSA) is 57.3 Å². The van der Waals surface area contributed by atoms with Crippen LogP contribution in [0.25, 0.3) is 0 Å². The van der Waals surface area contributed by atoms with Gasteiger partial charge in [0.25, 0.3) is 0 Å². The molecule has 0 saturated carbocycles. The van der Waals surface area contributed by atoms with Gasteiger partial charge in [0.15, 0.2) is 0 Å². The third-order valence-electron chi connectivity index (χ3n) is 4.22. The fourth-order valence-electron chi connectivity index (χ4n) is 2.87. The first kappa shape index (κ1) is 16.8. The van der Waals surface area contributed by atoms with E-state index in [0.29, 0.717) is 0 Å². The maximum absolute atomic E-state index is 12.2. The molecule has 0 unspecified atom stereocenters. The number of rotatable bonds is 3. The number of benzene rings is 1. The number of pyridine rings is 1. The molecular formula is C18H21BrN4O. The average molecular weight is 389 g/mol. The summed E-state index contributed by atoms with van der Waals surface area (Å²) in [5.74, 6) is 1.01. The van der Waals surface area contributed by atoms with E-state index in [0.717, 1.165) is 47.5 Å². The summed E-state index contributed by atoms with van der Waals surface area (Å²) < 4.78 is 1.04. The lowest BCUT2D eigenvalue weighted by Crippen LogP contribution is -2.46. The van der Waals surface area contributed by atoms with Crippen LogP contribution in [0.4, 0.5) is 16.3 Å². The minimum absolute atomic E-state index is 0.145. The van der Waals surface area contributed by atoms with Gasteiger partial charge in [0.1, 0.15) is 5.82 Å². The minimum atomic E-state index is -0.145. The van der Waals surface area contributed by atoms with Gasteiger partial charge < -0.3 is 15.5 Å². The van der Waals surface area contributed by atoms with Gasteiger partial charge in [-0.2, -0.15) is 0 Å². The zero-order valence-electron chi connectivity index (χ0n) is 13.6. The highest BCUT2D eigenvalue weighted by atomic mass is 79.9. The van der Waals surface area contributed by atoms with Gasteiger partial charge in [-0.05, 0) is 55.7 Å². The van der Waals surface area contributed by atoms with Gasteiger partial charge in [-0.1, -0.05) is 22.0 Å². The average Bonchev–Trinajstić information content (AvgIpc) is 2.59. The van der Waals surface area contributed by atoms with E-state index < -0.39 is 0 Å². The number of urea groups is 1. The van der Waals surface area contributed by atoms with Gasteiger partial charge in [-0.3, -0.25) is 0 Å². The molecule has 24 heavy (non-hydrogen) atoms. The number of halogens is 1. The van der Waals surface area contributed by atoms with Gasteiger partial charge in [-0.15, -0.1) is 0 Å². The van der Waals surface area contributed by atoms with E-state index >= 15 is 0 Å². The molecular weight excluding hydrogens is 368 g/mol. The molecule has 1 aromatic carbocycles. The van der Waals surface area contributed by atoms with Crippen molar-refractivity contribution in [2.75, 3.05) is 23.3 Å². The quantitative estimate of drug-likeness (QED) is 0.836. The summed E-state index contributed by atoms with van der Waals surface area (Å²) in [5, 5.41) is 5.97. The van der Waals surface area contributed by atoms with Crippen LogP contribution >= 0.6 is 15.9 Å². The van der Waals surface area contributed by atoms with Crippen LogP contribution in [-0.4, -0.2) is 30.1 Å². The third kappa shape index (κ3) is 4.26.